The first-order valence-corrected chi connectivity index (χ1v) is 6.95. The SMILES string of the molecule is CN(CCO)[C@H]1CC[C@H]([C@H]2[CH]CCC2)CC1. The Balaban J connectivity index is 1.73. The van der Waals surface area contributed by atoms with Crippen LogP contribution in [0.15, 0.2) is 0 Å². The lowest BCUT2D eigenvalue weighted by Crippen LogP contribution is -2.37. The van der Waals surface area contributed by atoms with Gasteiger partial charge in [-0.15, -0.1) is 0 Å². The standard InChI is InChI=1S/C14H26NO/c1-15(10-11-16)14-8-6-13(7-9-14)12-4-2-3-5-12/h4,12-14,16H,2-3,5-11H2,1H3/t12-,13-,14-/m0/s1. The van der Waals surface area contributed by atoms with Crippen molar-refractivity contribution < 1.29 is 5.11 Å². The van der Waals surface area contributed by atoms with E-state index in [-0.39, 0.29) is 0 Å². The van der Waals surface area contributed by atoms with Gasteiger partial charge in [-0.05, 0) is 63.8 Å². The molecule has 16 heavy (non-hydrogen) atoms. The van der Waals surface area contributed by atoms with Crippen LogP contribution >= 0.6 is 0 Å². The highest BCUT2D eigenvalue weighted by molar-refractivity contribution is 4.91. The summed E-state index contributed by atoms with van der Waals surface area (Å²) >= 11 is 0. The summed E-state index contributed by atoms with van der Waals surface area (Å²) in [4.78, 5) is 2.34. The molecule has 0 bridgehead atoms. The Bertz CT molecular complexity index is 193. The Morgan fingerprint density at radius 1 is 1.19 bits per heavy atom. The second-order valence-corrected chi connectivity index (χ2v) is 5.60. The van der Waals surface area contributed by atoms with Gasteiger partial charge in [-0.1, -0.05) is 6.42 Å². The van der Waals surface area contributed by atoms with Crippen LogP contribution in [0.1, 0.15) is 44.9 Å². The molecule has 1 N–H and O–H groups in total. The zero-order valence-electron chi connectivity index (χ0n) is 10.6. The van der Waals surface area contributed by atoms with E-state index < -0.39 is 0 Å². The van der Waals surface area contributed by atoms with Gasteiger partial charge in [0.15, 0.2) is 0 Å². The highest BCUT2D eigenvalue weighted by Crippen LogP contribution is 2.39. The Kier molecular flexibility index (Phi) is 4.66. The average Bonchev–Trinajstić information content (AvgIpc) is 2.83. The quantitative estimate of drug-likeness (QED) is 0.793. The van der Waals surface area contributed by atoms with E-state index in [1.54, 1.807) is 0 Å². The van der Waals surface area contributed by atoms with Crippen molar-refractivity contribution >= 4 is 0 Å². The monoisotopic (exact) mass is 224 g/mol. The lowest BCUT2D eigenvalue weighted by Gasteiger charge is -2.36. The van der Waals surface area contributed by atoms with Crippen LogP contribution in [0.4, 0.5) is 0 Å². The zero-order valence-corrected chi connectivity index (χ0v) is 10.6. The molecule has 2 saturated carbocycles. The second-order valence-electron chi connectivity index (χ2n) is 5.60. The van der Waals surface area contributed by atoms with E-state index in [0.717, 1.165) is 24.4 Å². The van der Waals surface area contributed by atoms with E-state index >= 15 is 0 Å². The van der Waals surface area contributed by atoms with E-state index in [9.17, 15) is 0 Å². The summed E-state index contributed by atoms with van der Waals surface area (Å²) in [6.07, 6.45) is 12.3. The van der Waals surface area contributed by atoms with Crippen molar-refractivity contribution in [2.24, 2.45) is 11.8 Å². The molecule has 0 saturated heterocycles. The summed E-state index contributed by atoms with van der Waals surface area (Å²) < 4.78 is 0. The fourth-order valence-electron chi connectivity index (χ4n) is 3.54. The normalized spacial score (nSPS) is 32.4. The van der Waals surface area contributed by atoms with Crippen LogP contribution in [0, 0.1) is 18.3 Å². The first-order chi connectivity index (χ1) is 7.81. The maximum atomic E-state index is 8.95. The first-order valence-electron chi connectivity index (χ1n) is 6.95. The maximum absolute atomic E-state index is 8.95. The molecule has 1 radical (unpaired) electrons. The van der Waals surface area contributed by atoms with Gasteiger partial charge in [0.05, 0.1) is 6.61 Å². The fraction of sp³-hybridized carbons (Fsp3) is 0.929. The Morgan fingerprint density at radius 3 is 2.50 bits per heavy atom. The van der Waals surface area contributed by atoms with Gasteiger partial charge in [-0.2, -0.15) is 0 Å². The van der Waals surface area contributed by atoms with Crippen molar-refractivity contribution in [3.63, 3.8) is 0 Å². The molecule has 2 aliphatic rings. The minimum absolute atomic E-state index is 0.298. The molecule has 1 atom stereocenters. The van der Waals surface area contributed by atoms with Crippen LogP contribution in [0.25, 0.3) is 0 Å². The predicted molar refractivity (Wildman–Crippen MR) is 67.1 cm³/mol. The minimum Gasteiger partial charge on any atom is -0.395 e. The van der Waals surface area contributed by atoms with Crippen LogP contribution in [0.3, 0.4) is 0 Å². The van der Waals surface area contributed by atoms with Crippen LogP contribution in [0.2, 0.25) is 0 Å². The lowest BCUT2D eigenvalue weighted by molar-refractivity contribution is 0.125. The first kappa shape index (κ1) is 12.4. The van der Waals surface area contributed by atoms with Crippen LogP contribution in [0.5, 0.6) is 0 Å². The molecule has 0 heterocycles. The van der Waals surface area contributed by atoms with Crippen LogP contribution in [-0.2, 0) is 0 Å². The Labute approximate surface area is 100 Å². The van der Waals surface area contributed by atoms with E-state index in [1.165, 1.54) is 44.9 Å². The highest BCUT2D eigenvalue weighted by Gasteiger charge is 2.30. The molecule has 2 nitrogen and oxygen atoms in total. The van der Waals surface area contributed by atoms with Crippen LogP contribution in [-0.4, -0.2) is 36.2 Å². The van der Waals surface area contributed by atoms with Gasteiger partial charge in [-0.3, -0.25) is 0 Å². The third-order valence-corrected chi connectivity index (χ3v) is 4.63. The van der Waals surface area contributed by atoms with Gasteiger partial charge in [0.2, 0.25) is 0 Å². The van der Waals surface area contributed by atoms with E-state index in [0.29, 0.717) is 6.61 Å². The average molecular weight is 224 g/mol. The zero-order chi connectivity index (χ0) is 11.4. The summed E-state index contributed by atoms with van der Waals surface area (Å²) in [5.74, 6) is 1.91. The maximum Gasteiger partial charge on any atom is 0.0558 e. The van der Waals surface area contributed by atoms with Gasteiger partial charge in [0, 0.05) is 12.6 Å². The predicted octanol–water partition coefficient (Wildman–Crippen LogP) is 2.47. The number of nitrogens with zero attached hydrogens (tertiary/aromatic N) is 1. The number of likely N-dealkylation sites (N-methyl/N-ethyl adjacent to an activating group) is 1. The number of hydrogen-bond donors (Lipinski definition) is 1. The van der Waals surface area contributed by atoms with Gasteiger partial charge >= 0.3 is 0 Å². The summed E-state index contributed by atoms with van der Waals surface area (Å²) in [6.45, 7) is 1.14. The molecule has 0 aliphatic heterocycles. The molecule has 2 aliphatic carbocycles. The third kappa shape index (κ3) is 2.98. The molecule has 0 spiro atoms. The number of aliphatic hydroxyl groups excluding tert-OH is 1. The molecule has 0 aromatic heterocycles. The molecule has 2 heteroatoms. The third-order valence-electron chi connectivity index (χ3n) is 4.63. The molecule has 0 unspecified atom stereocenters. The van der Waals surface area contributed by atoms with Crippen molar-refractivity contribution in [3.05, 3.63) is 6.42 Å². The van der Waals surface area contributed by atoms with Gasteiger partial charge in [-0.25, -0.2) is 0 Å². The number of rotatable bonds is 4. The van der Waals surface area contributed by atoms with Gasteiger partial charge < -0.3 is 10.0 Å². The molecule has 2 rings (SSSR count). The van der Waals surface area contributed by atoms with Crippen LogP contribution < -0.4 is 0 Å². The molecular weight excluding hydrogens is 198 g/mol. The Hall–Kier alpha value is -0.0800. The van der Waals surface area contributed by atoms with Gasteiger partial charge in [0.1, 0.15) is 0 Å². The molecule has 0 aromatic carbocycles. The van der Waals surface area contributed by atoms with E-state index in [2.05, 4.69) is 18.4 Å². The van der Waals surface area contributed by atoms with E-state index in [1.807, 2.05) is 0 Å². The molecule has 0 aromatic rings. The smallest absolute Gasteiger partial charge is 0.0558 e. The largest absolute Gasteiger partial charge is 0.395 e. The number of hydrogen-bond acceptors (Lipinski definition) is 2. The van der Waals surface area contributed by atoms with Crippen molar-refractivity contribution in [1.82, 2.24) is 4.90 Å². The summed E-state index contributed by atoms with van der Waals surface area (Å²) in [6, 6.07) is 0.727. The highest BCUT2D eigenvalue weighted by atomic mass is 16.3. The van der Waals surface area contributed by atoms with Crippen molar-refractivity contribution in [3.8, 4) is 0 Å². The molecule has 93 valence electrons. The topological polar surface area (TPSA) is 23.5 Å². The molecular formula is C14H26NO. The summed E-state index contributed by atoms with van der Waals surface area (Å²) in [5.41, 5.74) is 0. The van der Waals surface area contributed by atoms with Crippen molar-refractivity contribution in [2.75, 3.05) is 20.2 Å². The lowest BCUT2D eigenvalue weighted by atomic mass is 9.77. The van der Waals surface area contributed by atoms with Crippen molar-refractivity contribution in [2.45, 2.75) is 51.0 Å². The van der Waals surface area contributed by atoms with Gasteiger partial charge in [0.25, 0.3) is 0 Å². The fourth-order valence-corrected chi connectivity index (χ4v) is 3.54. The molecule has 0 amide bonds. The minimum atomic E-state index is 0.298. The number of aliphatic hydroxyl groups is 1. The summed E-state index contributed by atoms with van der Waals surface area (Å²) in [5, 5.41) is 8.95. The van der Waals surface area contributed by atoms with E-state index in [4.69, 9.17) is 5.11 Å². The molecule has 2 fully saturated rings. The summed E-state index contributed by atoms with van der Waals surface area (Å²) in [7, 11) is 2.16. The van der Waals surface area contributed by atoms with Crippen molar-refractivity contribution in [1.29, 1.82) is 0 Å². The Morgan fingerprint density at radius 2 is 1.94 bits per heavy atom. The second kappa shape index (κ2) is 6.02.